The van der Waals surface area contributed by atoms with Crippen LogP contribution in [-0.2, 0) is 0 Å². The lowest BCUT2D eigenvalue weighted by Gasteiger charge is -2.09. The summed E-state index contributed by atoms with van der Waals surface area (Å²) in [5.41, 5.74) is 2.04. The van der Waals surface area contributed by atoms with Crippen molar-refractivity contribution in [3.8, 4) is 5.75 Å². The molecule has 0 unspecified atom stereocenters. The highest BCUT2D eigenvalue weighted by Gasteiger charge is 2.11. The molecule has 104 valence electrons. The normalized spacial score (nSPS) is 10.2. The molecule has 0 saturated carbocycles. The first-order chi connectivity index (χ1) is 9.51. The van der Waals surface area contributed by atoms with Crippen LogP contribution in [0.3, 0.4) is 0 Å². The van der Waals surface area contributed by atoms with Crippen molar-refractivity contribution in [2.75, 3.05) is 12.4 Å². The van der Waals surface area contributed by atoms with Crippen molar-refractivity contribution in [1.82, 2.24) is 0 Å². The van der Waals surface area contributed by atoms with Crippen molar-refractivity contribution in [3.05, 3.63) is 57.8 Å². The van der Waals surface area contributed by atoms with Crippen LogP contribution in [0.5, 0.6) is 5.75 Å². The molecular formula is C15H13BrFNO2. The summed E-state index contributed by atoms with van der Waals surface area (Å²) in [5, 5.41) is 2.70. The highest BCUT2D eigenvalue weighted by atomic mass is 79.9. The minimum Gasteiger partial charge on any atom is -0.494 e. The first-order valence-electron chi connectivity index (χ1n) is 5.92. The molecule has 1 amide bonds. The fraction of sp³-hybridized carbons (Fsp3) is 0.133. The largest absolute Gasteiger partial charge is 0.494 e. The number of hydrogen-bond acceptors (Lipinski definition) is 2. The van der Waals surface area contributed by atoms with Gasteiger partial charge in [0.25, 0.3) is 5.91 Å². The van der Waals surface area contributed by atoms with Crippen LogP contribution in [0.4, 0.5) is 10.1 Å². The van der Waals surface area contributed by atoms with Gasteiger partial charge in [0.2, 0.25) is 0 Å². The van der Waals surface area contributed by atoms with E-state index in [0.717, 1.165) is 5.56 Å². The molecule has 0 aliphatic rings. The molecule has 0 atom stereocenters. The Kier molecular flexibility index (Phi) is 4.39. The smallest absolute Gasteiger partial charge is 0.256 e. The number of rotatable bonds is 3. The van der Waals surface area contributed by atoms with Crippen molar-refractivity contribution >= 4 is 27.5 Å². The summed E-state index contributed by atoms with van der Waals surface area (Å²) in [7, 11) is 1.38. The molecule has 0 bridgehead atoms. The van der Waals surface area contributed by atoms with Gasteiger partial charge >= 0.3 is 0 Å². The third kappa shape index (κ3) is 3.17. The molecule has 0 heterocycles. The molecule has 2 rings (SSSR count). The number of carbonyl (C=O) groups is 1. The Balaban J connectivity index is 2.23. The molecule has 3 nitrogen and oxygen atoms in total. The number of nitrogens with one attached hydrogen (secondary N) is 1. The summed E-state index contributed by atoms with van der Waals surface area (Å²) in [5.74, 6) is -0.654. The minimum absolute atomic E-state index is 0.0887. The van der Waals surface area contributed by atoms with E-state index in [1.165, 1.54) is 25.3 Å². The van der Waals surface area contributed by atoms with Gasteiger partial charge < -0.3 is 10.1 Å². The van der Waals surface area contributed by atoms with Gasteiger partial charge in [-0.3, -0.25) is 4.79 Å². The van der Waals surface area contributed by atoms with E-state index in [2.05, 4.69) is 21.2 Å². The van der Waals surface area contributed by atoms with Crippen molar-refractivity contribution < 1.29 is 13.9 Å². The molecule has 0 fully saturated rings. The summed E-state index contributed by atoms with van der Waals surface area (Å²) in [4.78, 5) is 12.2. The van der Waals surface area contributed by atoms with Gasteiger partial charge in [-0.1, -0.05) is 6.07 Å². The zero-order chi connectivity index (χ0) is 14.7. The van der Waals surface area contributed by atoms with Crippen molar-refractivity contribution in [1.29, 1.82) is 0 Å². The van der Waals surface area contributed by atoms with E-state index in [1.807, 2.05) is 19.1 Å². The minimum atomic E-state index is -0.470. The van der Waals surface area contributed by atoms with E-state index < -0.39 is 5.82 Å². The number of ether oxygens (including phenoxy) is 1. The molecule has 0 aromatic heterocycles. The Morgan fingerprint density at radius 2 is 2.00 bits per heavy atom. The van der Waals surface area contributed by atoms with E-state index in [9.17, 15) is 9.18 Å². The summed E-state index contributed by atoms with van der Waals surface area (Å²) in [6.45, 7) is 1.94. The van der Waals surface area contributed by atoms with Gasteiger partial charge in [0.05, 0.1) is 12.7 Å². The summed E-state index contributed by atoms with van der Waals surface area (Å²) < 4.78 is 18.9. The van der Waals surface area contributed by atoms with Gasteiger partial charge in [-0.05, 0) is 52.7 Å². The Hall–Kier alpha value is -1.88. The summed E-state index contributed by atoms with van der Waals surface area (Å²) in [6, 6.07) is 9.62. The number of amides is 1. The highest BCUT2D eigenvalue weighted by Crippen LogP contribution is 2.23. The topological polar surface area (TPSA) is 38.3 Å². The number of anilines is 1. The first-order valence-corrected chi connectivity index (χ1v) is 6.71. The monoisotopic (exact) mass is 337 g/mol. The maximum atomic E-state index is 13.3. The number of hydrogen-bond donors (Lipinski definition) is 1. The number of methoxy groups -OCH3 is 1. The van der Waals surface area contributed by atoms with E-state index in [0.29, 0.717) is 15.7 Å². The van der Waals surface area contributed by atoms with Gasteiger partial charge in [-0.15, -0.1) is 0 Å². The molecule has 20 heavy (non-hydrogen) atoms. The lowest BCUT2D eigenvalue weighted by Crippen LogP contribution is -2.12. The zero-order valence-electron chi connectivity index (χ0n) is 11.0. The van der Waals surface area contributed by atoms with Crippen molar-refractivity contribution in [3.63, 3.8) is 0 Å². The third-order valence-electron chi connectivity index (χ3n) is 2.78. The third-order valence-corrected chi connectivity index (χ3v) is 3.43. The van der Waals surface area contributed by atoms with Crippen LogP contribution in [0.1, 0.15) is 15.9 Å². The maximum Gasteiger partial charge on any atom is 0.256 e. The predicted octanol–water partition coefficient (Wildman–Crippen LogP) is 4.16. The second-order valence-electron chi connectivity index (χ2n) is 4.29. The Bertz CT molecular complexity index is 658. The van der Waals surface area contributed by atoms with Crippen LogP contribution in [0, 0.1) is 12.7 Å². The van der Waals surface area contributed by atoms with Gasteiger partial charge in [-0.25, -0.2) is 4.39 Å². The fourth-order valence-electron chi connectivity index (χ4n) is 1.74. The molecule has 0 radical (unpaired) electrons. The molecule has 0 aliphatic carbocycles. The number of aryl methyl sites for hydroxylation is 1. The molecule has 2 aromatic carbocycles. The molecule has 0 aliphatic heterocycles. The number of benzene rings is 2. The zero-order valence-corrected chi connectivity index (χ0v) is 12.6. The van der Waals surface area contributed by atoms with E-state index >= 15 is 0 Å². The Morgan fingerprint density at radius 3 is 2.65 bits per heavy atom. The molecule has 0 spiro atoms. The quantitative estimate of drug-likeness (QED) is 0.913. The molecule has 1 N–H and O–H groups in total. The standard InChI is InChI=1S/C15H13BrFNO2/c1-9-3-5-11(12(16)7-9)15(19)18-10-4-6-13(17)14(8-10)20-2/h3-8H,1-2H3,(H,18,19). The lowest BCUT2D eigenvalue weighted by molar-refractivity contribution is 0.102. The average Bonchev–Trinajstić information content (AvgIpc) is 2.40. The van der Waals surface area contributed by atoms with Crippen LogP contribution in [-0.4, -0.2) is 13.0 Å². The van der Waals surface area contributed by atoms with E-state index in [4.69, 9.17) is 4.74 Å². The second kappa shape index (κ2) is 6.05. The van der Waals surface area contributed by atoms with Gasteiger partial charge in [0.15, 0.2) is 11.6 Å². The van der Waals surface area contributed by atoms with Crippen LogP contribution in [0.15, 0.2) is 40.9 Å². The number of carbonyl (C=O) groups excluding carboxylic acids is 1. The van der Waals surface area contributed by atoms with E-state index in [1.54, 1.807) is 6.07 Å². The SMILES string of the molecule is COc1cc(NC(=O)c2ccc(C)cc2Br)ccc1F. The van der Waals surface area contributed by atoms with E-state index in [-0.39, 0.29) is 11.7 Å². The Labute approximate surface area is 124 Å². The summed E-state index contributed by atoms with van der Waals surface area (Å²) in [6.07, 6.45) is 0. The lowest BCUT2D eigenvalue weighted by atomic mass is 10.1. The molecule has 2 aromatic rings. The highest BCUT2D eigenvalue weighted by molar-refractivity contribution is 9.10. The van der Waals surface area contributed by atoms with Gasteiger partial charge in [-0.2, -0.15) is 0 Å². The fourth-order valence-corrected chi connectivity index (χ4v) is 2.41. The number of halogens is 2. The maximum absolute atomic E-state index is 13.3. The van der Waals surface area contributed by atoms with Gasteiger partial charge in [0.1, 0.15) is 0 Å². The molecule has 0 saturated heterocycles. The van der Waals surface area contributed by atoms with Crippen LogP contribution >= 0.6 is 15.9 Å². The second-order valence-corrected chi connectivity index (χ2v) is 5.14. The average molecular weight is 338 g/mol. The van der Waals surface area contributed by atoms with Crippen molar-refractivity contribution in [2.45, 2.75) is 6.92 Å². The molecular weight excluding hydrogens is 325 g/mol. The Morgan fingerprint density at radius 1 is 1.25 bits per heavy atom. The molecule has 5 heteroatoms. The van der Waals surface area contributed by atoms with Crippen molar-refractivity contribution in [2.24, 2.45) is 0 Å². The van der Waals surface area contributed by atoms with Crippen LogP contribution in [0.25, 0.3) is 0 Å². The first kappa shape index (κ1) is 14.5. The van der Waals surface area contributed by atoms with Crippen LogP contribution in [0.2, 0.25) is 0 Å². The van der Waals surface area contributed by atoms with Gasteiger partial charge in [0, 0.05) is 16.2 Å². The summed E-state index contributed by atoms with van der Waals surface area (Å²) >= 11 is 3.36. The predicted molar refractivity (Wildman–Crippen MR) is 79.8 cm³/mol. The van der Waals surface area contributed by atoms with Crippen LogP contribution < -0.4 is 10.1 Å².